The molecule has 0 unspecified atom stereocenters. The number of hydrogen-bond acceptors (Lipinski definition) is 4. The van der Waals surface area contributed by atoms with Crippen LogP contribution in [-0.2, 0) is 0 Å². The van der Waals surface area contributed by atoms with E-state index in [1.165, 1.54) is 12.1 Å². The van der Waals surface area contributed by atoms with E-state index in [-0.39, 0.29) is 11.9 Å². The van der Waals surface area contributed by atoms with Gasteiger partial charge in [0.05, 0.1) is 9.17 Å². The van der Waals surface area contributed by atoms with Crippen LogP contribution >= 0.6 is 27.3 Å². The van der Waals surface area contributed by atoms with Crippen LogP contribution in [0.1, 0.15) is 18.5 Å². The zero-order valence-corrected chi connectivity index (χ0v) is 13.0. The average molecular weight is 352 g/mol. The molecule has 20 heavy (non-hydrogen) atoms. The fourth-order valence-corrected chi connectivity index (χ4v) is 3.40. The van der Waals surface area contributed by atoms with Gasteiger partial charge in [-0.3, -0.25) is 0 Å². The van der Waals surface area contributed by atoms with Crippen LogP contribution in [0, 0.1) is 5.82 Å². The Morgan fingerprint density at radius 1 is 1.25 bits per heavy atom. The Hall–Kier alpha value is -1.53. The molecule has 2 heterocycles. The fourth-order valence-electron chi connectivity index (χ4n) is 1.98. The number of nitrogens with zero attached hydrogens (tertiary/aromatic N) is 2. The Balaban J connectivity index is 1.90. The Labute approximate surface area is 128 Å². The first-order chi connectivity index (χ1) is 9.63. The molecule has 3 nitrogen and oxygen atoms in total. The second-order valence-electron chi connectivity index (χ2n) is 4.41. The first-order valence-electron chi connectivity index (χ1n) is 6.05. The van der Waals surface area contributed by atoms with Crippen molar-refractivity contribution in [3.8, 4) is 0 Å². The molecule has 0 bridgehead atoms. The average Bonchev–Trinajstić information content (AvgIpc) is 2.81. The van der Waals surface area contributed by atoms with Gasteiger partial charge in [-0.2, -0.15) is 0 Å². The largest absolute Gasteiger partial charge is 0.363 e. The van der Waals surface area contributed by atoms with Gasteiger partial charge in [0, 0.05) is 6.04 Å². The van der Waals surface area contributed by atoms with E-state index in [0.717, 1.165) is 25.4 Å². The molecule has 0 saturated carbocycles. The second kappa shape index (κ2) is 5.46. The van der Waals surface area contributed by atoms with Crippen molar-refractivity contribution in [2.24, 2.45) is 0 Å². The zero-order valence-electron chi connectivity index (χ0n) is 10.6. The molecule has 0 fully saturated rings. The molecule has 0 aliphatic heterocycles. The minimum Gasteiger partial charge on any atom is -0.363 e. The lowest BCUT2D eigenvalue weighted by Crippen LogP contribution is -2.08. The van der Waals surface area contributed by atoms with E-state index >= 15 is 0 Å². The Kier molecular flexibility index (Phi) is 3.67. The minimum atomic E-state index is -0.229. The normalized spacial score (nSPS) is 12.6. The SMILES string of the molecule is C[C@@H](Nc1ncnc2sc(Br)cc12)c1ccc(F)cc1. The van der Waals surface area contributed by atoms with Crippen molar-refractivity contribution in [2.75, 3.05) is 5.32 Å². The monoisotopic (exact) mass is 351 g/mol. The predicted molar refractivity (Wildman–Crippen MR) is 83.6 cm³/mol. The summed E-state index contributed by atoms with van der Waals surface area (Å²) >= 11 is 5.03. The summed E-state index contributed by atoms with van der Waals surface area (Å²) in [7, 11) is 0. The molecular formula is C14H11BrFN3S. The lowest BCUT2D eigenvalue weighted by atomic mass is 10.1. The minimum absolute atomic E-state index is 0.0346. The number of nitrogens with one attached hydrogen (secondary N) is 1. The van der Waals surface area contributed by atoms with Crippen LogP contribution in [0.15, 0.2) is 40.4 Å². The van der Waals surface area contributed by atoms with E-state index in [4.69, 9.17) is 0 Å². The molecule has 0 radical (unpaired) electrons. The van der Waals surface area contributed by atoms with E-state index in [1.54, 1.807) is 29.8 Å². The van der Waals surface area contributed by atoms with Gasteiger partial charge in [-0.15, -0.1) is 11.3 Å². The third-order valence-corrected chi connectivity index (χ3v) is 4.57. The summed E-state index contributed by atoms with van der Waals surface area (Å²) in [4.78, 5) is 9.47. The quantitative estimate of drug-likeness (QED) is 0.738. The number of aromatic nitrogens is 2. The van der Waals surface area contributed by atoms with E-state index in [0.29, 0.717) is 0 Å². The van der Waals surface area contributed by atoms with Gasteiger partial charge < -0.3 is 5.32 Å². The third kappa shape index (κ3) is 2.66. The van der Waals surface area contributed by atoms with Gasteiger partial charge in [0.15, 0.2) is 0 Å². The molecule has 3 rings (SSSR count). The molecule has 2 aromatic heterocycles. The highest BCUT2D eigenvalue weighted by atomic mass is 79.9. The fraction of sp³-hybridized carbons (Fsp3) is 0.143. The van der Waals surface area contributed by atoms with Gasteiger partial charge in [-0.05, 0) is 46.6 Å². The molecule has 0 aliphatic rings. The van der Waals surface area contributed by atoms with Gasteiger partial charge in [-0.1, -0.05) is 12.1 Å². The van der Waals surface area contributed by atoms with Crippen molar-refractivity contribution in [1.29, 1.82) is 0 Å². The highest BCUT2D eigenvalue weighted by Crippen LogP contribution is 2.32. The Bertz CT molecular complexity index is 742. The topological polar surface area (TPSA) is 37.8 Å². The van der Waals surface area contributed by atoms with Crippen molar-refractivity contribution < 1.29 is 4.39 Å². The van der Waals surface area contributed by atoms with Crippen molar-refractivity contribution in [3.63, 3.8) is 0 Å². The lowest BCUT2D eigenvalue weighted by molar-refractivity contribution is 0.626. The number of thiophene rings is 1. The molecule has 1 aromatic carbocycles. The summed E-state index contributed by atoms with van der Waals surface area (Å²) < 4.78 is 14.0. The van der Waals surface area contributed by atoms with Gasteiger partial charge in [0.25, 0.3) is 0 Å². The van der Waals surface area contributed by atoms with Crippen LogP contribution in [0.25, 0.3) is 10.2 Å². The van der Waals surface area contributed by atoms with Crippen LogP contribution in [0.5, 0.6) is 0 Å². The molecule has 0 saturated heterocycles. The molecule has 0 aliphatic carbocycles. The number of benzene rings is 1. The molecule has 0 spiro atoms. The van der Waals surface area contributed by atoms with Crippen molar-refractivity contribution in [1.82, 2.24) is 9.97 Å². The third-order valence-electron chi connectivity index (χ3n) is 3.02. The molecule has 0 amide bonds. The molecule has 1 atom stereocenters. The Morgan fingerprint density at radius 2 is 2.00 bits per heavy atom. The number of anilines is 1. The summed E-state index contributed by atoms with van der Waals surface area (Å²) in [5.41, 5.74) is 1.01. The van der Waals surface area contributed by atoms with Crippen LogP contribution in [0.3, 0.4) is 0 Å². The number of hydrogen-bond donors (Lipinski definition) is 1. The van der Waals surface area contributed by atoms with Crippen molar-refractivity contribution in [3.05, 3.63) is 51.8 Å². The van der Waals surface area contributed by atoms with Crippen LogP contribution in [0.2, 0.25) is 0 Å². The summed E-state index contributed by atoms with van der Waals surface area (Å²) in [6, 6.07) is 8.50. The maximum atomic E-state index is 12.9. The van der Waals surface area contributed by atoms with E-state index < -0.39 is 0 Å². The summed E-state index contributed by atoms with van der Waals surface area (Å²) in [6.07, 6.45) is 1.55. The molecular weight excluding hydrogens is 341 g/mol. The van der Waals surface area contributed by atoms with E-state index in [2.05, 4.69) is 31.2 Å². The summed E-state index contributed by atoms with van der Waals surface area (Å²) in [6.45, 7) is 2.02. The highest BCUT2D eigenvalue weighted by molar-refractivity contribution is 9.11. The summed E-state index contributed by atoms with van der Waals surface area (Å²) in [5, 5.41) is 4.33. The van der Waals surface area contributed by atoms with Crippen LogP contribution in [-0.4, -0.2) is 9.97 Å². The van der Waals surface area contributed by atoms with Gasteiger partial charge in [0.1, 0.15) is 22.8 Å². The van der Waals surface area contributed by atoms with E-state index in [1.807, 2.05) is 13.0 Å². The summed E-state index contributed by atoms with van der Waals surface area (Å²) in [5.74, 6) is 0.556. The van der Waals surface area contributed by atoms with E-state index in [9.17, 15) is 4.39 Å². The molecule has 6 heteroatoms. The maximum absolute atomic E-state index is 12.9. The second-order valence-corrected chi connectivity index (χ2v) is 6.82. The first kappa shape index (κ1) is 13.5. The lowest BCUT2D eigenvalue weighted by Gasteiger charge is -2.15. The first-order valence-corrected chi connectivity index (χ1v) is 7.66. The zero-order chi connectivity index (χ0) is 14.1. The van der Waals surface area contributed by atoms with Crippen molar-refractivity contribution >= 4 is 43.3 Å². The number of fused-ring (bicyclic) bond motifs is 1. The number of rotatable bonds is 3. The Morgan fingerprint density at radius 3 is 2.75 bits per heavy atom. The molecule has 102 valence electrons. The predicted octanol–water partition coefficient (Wildman–Crippen LogP) is 4.77. The van der Waals surface area contributed by atoms with Gasteiger partial charge in [0.2, 0.25) is 0 Å². The van der Waals surface area contributed by atoms with Crippen LogP contribution < -0.4 is 5.32 Å². The smallest absolute Gasteiger partial charge is 0.138 e. The highest BCUT2D eigenvalue weighted by Gasteiger charge is 2.11. The van der Waals surface area contributed by atoms with Gasteiger partial charge >= 0.3 is 0 Å². The number of halogens is 2. The standard InChI is InChI=1S/C14H11BrFN3S/c1-8(9-2-4-10(16)5-3-9)19-13-11-6-12(15)20-14(11)18-7-17-13/h2-8H,1H3,(H,17,18,19)/t8-/m1/s1. The van der Waals surface area contributed by atoms with Crippen LogP contribution in [0.4, 0.5) is 10.2 Å². The molecule has 3 aromatic rings. The maximum Gasteiger partial charge on any atom is 0.138 e. The molecule has 1 N–H and O–H groups in total. The van der Waals surface area contributed by atoms with Gasteiger partial charge in [-0.25, -0.2) is 14.4 Å². The van der Waals surface area contributed by atoms with Crippen molar-refractivity contribution in [2.45, 2.75) is 13.0 Å².